The lowest BCUT2D eigenvalue weighted by molar-refractivity contribution is 0.0999. The van der Waals surface area contributed by atoms with Crippen LogP contribution in [-0.2, 0) is 7.05 Å². The van der Waals surface area contributed by atoms with E-state index in [2.05, 4.69) is 0 Å². The predicted molar refractivity (Wildman–Crippen MR) is 62.7 cm³/mol. The van der Waals surface area contributed by atoms with Crippen LogP contribution in [0.25, 0.3) is 10.9 Å². The Kier molecular flexibility index (Phi) is 2.63. The van der Waals surface area contributed by atoms with Gasteiger partial charge >= 0.3 is 0 Å². The number of primary amides is 1. The molecule has 17 heavy (non-hydrogen) atoms. The summed E-state index contributed by atoms with van der Waals surface area (Å²) in [6, 6.07) is 2.34. The first kappa shape index (κ1) is 11.6. The van der Waals surface area contributed by atoms with E-state index in [9.17, 15) is 14.0 Å². The van der Waals surface area contributed by atoms with Crippen molar-refractivity contribution in [2.24, 2.45) is 12.8 Å². The minimum absolute atomic E-state index is 0.0747. The molecule has 1 aromatic heterocycles. The summed E-state index contributed by atoms with van der Waals surface area (Å²) >= 11 is 5.63. The summed E-state index contributed by atoms with van der Waals surface area (Å²) in [7, 11) is 1.61. The highest BCUT2D eigenvalue weighted by molar-refractivity contribution is 6.31. The Balaban J connectivity index is 2.99. The Morgan fingerprint density at radius 3 is 2.71 bits per heavy atom. The van der Waals surface area contributed by atoms with Crippen LogP contribution in [0.15, 0.2) is 23.1 Å². The molecule has 0 bridgehead atoms. The van der Waals surface area contributed by atoms with Crippen LogP contribution in [0.4, 0.5) is 4.39 Å². The number of carbonyl (C=O) groups is 1. The average molecular weight is 255 g/mol. The van der Waals surface area contributed by atoms with Crippen LogP contribution >= 0.6 is 11.6 Å². The monoisotopic (exact) mass is 254 g/mol. The first-order valence-electron chi connectivity index (χ1n) is 4.70. The Hall–Kier alpha value is -1.88. The zero-order valence-electron chi connectivity index (χ0n) is 8.83. The minimum Gasteiger partial charge on any atom is -0.365 e. The van der Waals surface area contributed by atoms with Gasteiger partial charge in [0.25, 0.3) is 5.91 Å². The third-order valence-corrected chi connectivity index (χ3v) is 2.79. The van der Waals surface area contributed by atoms with Gasteiger partial charge in [-0.1, -0.05) is 11.6 Å². The Morgan fingerprint density at radius 2 is 2.12 bits per heavy atom. The van der Waals surface area contributed by atoms with Gasteiger partial charge in [0.1, 0.15) is 11.4 Å². The fourth-order valence-corrected chi connectivity index (χ4v) is 1.81. The number of rotatable bonds is 1. The zero-order valence-corrected chi connectivity index (χ0v) is 9.58. The molecule has 4 nitrogen and oxygen atoms in total. The van der Waals surface area contributed by atoms with Gasteiger partial charge in [0, 0.05) is 18.6 Å². The predicted octanol–water partition coefficient (Wildman–Crippen LogP) is 1.43. The summed E-state index contributed by atoms with van der Waals surface area (Å²) in [6.07, 6.45) is 1.31. The lowest BCUT2D eigenvalue weighted by Gasteiger charge is -2.08. The number of aryl methyl sites for hydroxylation is 1. The van der Waals surface area contributed by atoms with Crippen molar-refractivity contribution in [1.82, 2.24) is 4.57 Å². The Morgan fingerprint density at radius 1 is 1.47 bits per heavy atom. The molecule has 88 valence electrons. The van der Waals surface area contributed by atoms with Gasteiger partial charge < -0.3 is 10.3 Å². The minimum atomic E-state index is -0.845. The van der Waals surface area contributed by atoms with E-state index in [-0.39, 0.29) is 16.0 Å². The maximum atomic E-state index is 13.3. The van der Waals surface area contributed by atoms with Crippen molar-refractivity contribution in [3.05, 3.63) is 45.0 Å². The molecule has 0 fully saturated rings. The molecule has 6 heteroatoms. The first-order valence-corrected chi connectivity index (χ1v) is 5.08. The van der Waals surface area contributed by atoms with Gasteiger partial charge in [0.05, 0.1) is 10.5 Å². The molecule has 2 aromatic rings. The van der Waals surface area contributed by atoms with Crippen LogP contribution in [0.1, 0.15) is 10.4 Å². The van der Waals surface area contributed by atoms with Crippen LogP contribution in [0.2, 0.25) is 5.02 Å². The van der Waals surface area contributed by atoms with Crippen molar-refractivity contribution in [1.29, 1.82) is 0 Å². The molecule has 0 saturated carbocycles. The highest BCUT2D eigenvalue weighted by atomic mass is 35.5. The number of hydrogen-bond acceptors (Lipinski definition) is 2. The number of hydrogen-bond donors (Lipinski definition) is 1. The number of fused-ring (bicyclic) bond motifs is 1. The van der Waals surface area contributed by atoms with Crippen LogP contribution in [0.5, 0.6) is 0 Å². The lowest BCUT2D eigenvalue weighted by Crippen LogP contribution is -2.23. The third-order valence-electron chi connectivity index (χ3n) is 2.50. The zero-order chi connectivity index (χ0) is 12.7. The molecule has 0 saturated heterocycles. The summed E-state index contributed by atoms with van der Waals surface area (Å²) in [4.78, 5) is 22.9. The second kappa shape index (κ2) is 3.85. The third kappa shape index (κ3) is 1.78. The number of amides is 1. The highest BCUT2D eigenvalue weighted by Gasteiger charge is 2.13. The van der Waals surface area contributed by atoms with Crippen LogP contribution in [0, 0.1) is 5.82 Å². The van der Waals surface area contributed by atoms with Crippen LogP contribution in [0.3, 0.4) is 0 Å². The largest absolute Gasteiger partial charge is 0.365 e. The van der Waals surface area contributed by atoms with Gasteiger partial charge in [-0.3, -0.25) is 9.59 Å². The molecule has 0 aliphatic carbocycles. The smallest absolute Gasteiger partial charge is 0.254 e. The van der Waals surface area contributed by atoms with Gasteiger partial charge in [-0.2, -0.15) is 0 Å². The normalized spacial score (nSPS) is 10.8. The molecule has 0 aliphatic heterocycles. The van der Waals surface area contributed by atoms with Crippen molar-refractivity contribution >= 4 is 28.4 Å². The summed E-state index contributed by atoms with van der Waals surface area (Å²) in [6.45, 7) is 0. The first-order chi connectivity index (χ1) is 7.91. The molecule has 1 aromatic carbocycles. The molecular weight excluding hydrogens is 247 g/mol. The van der Waals surface area contributed by atoms with Crippen molar-refractivity contribution < 1.29 is 9.18 Å². The molecular formula is C11H8ClFN2O2. The fraction of sp³-hybridized carbons (Fsp3) is 0.0909. The molecule has 0 aliphatic rings. The number of benzene rings is 1. The molecule has 0 atom stereocenters. The van der Waals surface area contributed by atoms with E-state index >= 15 is 0 Å². The van der Waals surface area contributed by atoms with E-state index in [4.69, 9.17) is 17.3 Å². The Labute approximate surface area is 100 Å². The van der Waals surface area contributed by atoms with E-state index in [1.807, 2.05) is 0 Å². The Bertz CT molecular complexity index is 694. The van der Waals surface area contributed by atoms with Crippen molar-refractivity contribution in [3.8, 4) is 0 Å². The molecule has 2 rings (SSSR count). The van der Waals surface area contributed by atoms with E-state index in [1.54, 1.807) is 7.05 Å². The number of carbonyl (C=O) groups excluding carboxylic acids is 1. The quantitative estimate of drug-likeness (QED) is 0.837. The van der Waals surface area contributed by atoms with Crippen LogP contribution in [-0.4, -0.2) is 10.5 Å². The summed E-state index contributed by atoms with van der Waals surface area (Å²) in [5.74, 6) is -1.55. The number of pyridine rings is 1. The molecule has 1 heterocycles. The van der Waals surface area contributed by atoms with E-state index in [0.29, 0.717) is 5.52 Å². The summed E-state index contributed by atoms with van der Waals surface area (Å²) in [5, 5.41) is -0.00924. The maximum Gasteiger partial charge on any atom is 0.254 e. The van der Waals surface area contributed by atoms with Gasteiger partial charge in [0.15, 0.2) is 0 Å². The van der Waals surface area contributed by atoms with Crippen molar-refractivity contribution in [2.45, 2.75) is 0 Å². The number of nitrogens with two attached hydrogens (primary N) is 1. The molecule has 0 spiro atoms. The SMILES string of the molecule is Cn1cc(C(N)=O)c(=O)c2cc(F)c(Cl)cc21. The number of halogens is 2. The topological polar surface area (TPSA) is 65.1 Å². The second-order valence-corrected chi connectivity index (χ2v) is 4.04. The van der Waals surface area contributed by atoms with E-state index in [0.717, 1.165) is 6.07 Å². The van der Waals surface area contributed by atoms with Gasteiger partial charge in [0.2, 0.25) is 5.43 Å². The van der Waals surface area contributed by atoms with Gasteiger partial charge in [-0.25, -0.2) is 4.39 Å². The van der Waals surface area contributed by atoms with Crippen molar-refractivity contribution in [3.63, 3.8) is 0 Å². The molecule has 1 amide bonds. The fourth-order valence-electron chi connectivity index (χ4n) is 1.65. The average Bonchev–Trinajstić information content (AvgIpc) is 2.25. The van der Waals surface area contributed by atoms with Gasteiger partial charge in [-0.05, 0) is 12.1 Å². The maximum absolute atomic E-state index is 13.3. The molecule has 2 N–H and O–H groups in total. The molecule has 0 unspecified atom stereocenters. The van der Waals surface area contributed by atoms with Crippen LogP contribution < -0.4 is 11.2 Å². The van der Waals surface area contributed by atoms with E-state index < -0.39 is 17.2 Å². The summed E-state index contributed by atoms with van der Waals surface area (Å²) in [5.41, 5.74) is 4.73. The van der Waals surface area contributed by atoms with Gasteiger partial charge in [-0.15, -0.1) is 0 Å². The number of nitrogens with zero attached hydrogens (tertiary/aromatic N) is 1. The molecule has 0 radical (unpaired) electrons. The van der Waals surface area contributed by atoms with Crippen molar-refractivity contribution in [2.75, 3.05) is 0 Å². The standard InChI is InChI=1S/C11H8ClFN2O2/c1-15-4-6(11(14)17)10(16)5-2-8(13)7(12)3-9(5)15/h2-4H,1H3,(H2,14,17). The summed E-state index contributed by atoms with van der Waals surface area (Å²) < 4.78 is 14.8. The second-order valence-electron chi connectivity index (χ2n) is 3.63. The lowest BCUT2D eigenvalue weighted by atomic mass is 10.1. The number of aromatic nitrogens is 1. The van der Waals surface area contributed by atoms with E-state index in [1.165, 1.54) is 16.8 Å². The highest BCUT2D eigenvalue weighted by Crippen LogP contribution is 2.20.